The van der Waals surface area contributed by atoms with E-state index >= 15 is 0 Å². The molecule has 0 aliphatic heterocycles. The minimum Gasteiger partial charge on any atom is -0.387 e. The Morgan fingerprint density at radius 1 is 1.28 bits per heavy atom. The number of aliphatic hydroxyl groups is 1. The van der Waals surface area contributed by atoms with Crippen molar-refractivity contribution in [1.82, 2.24) is 15.3 Å². The van der Waals surface area contributed by atoms with Crippen LogP contribution < -0.4 is 5.32 Å². The minimum absolute atomic E-state index is 0.0131. The summed E-state index contributed by atoms with van der Waals surface area (Å²) < 4.78 is 0. The predicted octanol–water partition coefficient (Wildman–Crippen LogP) is 4.65. The second kappa shape index (κ2) is 8.56. The third-order valence-electron chi connectivity index (χ3n) is 5.93. The van der Waals surface area contributed by atoms with Crippen LogP contribution in [0.1, 0.15) is 54.7 Å². The molecule has 1 aliphatic carbocycles. The lowest BCUT2D eigenvalue weighted by Crippen LogP contribution is -2.38. The molecule has 1 saturated carbocycles. The summed E-state index contributed by atoms with van der Waals surface area (Å²) in [6.45, 7) is 2.17. The average Bonchev–Trinajstić information content (AvgIpc) is 3.15. The van der Waals surface area contributed by atoms with Gasteiger partial charge in [-0.25, -0.2) is 4.98 Å². The lowest BCUT2D eigenvalue weighted by atomic mass is 9.78. The third kappa shape index (κ3) is 4.31. The number of halogens is 1. The number of nitrogens with one attached hydrogen (secondary N) is 2. The summed E-state index contributed by atoms with van der Waals surface area (Å²) in [7, 11) is 0. The standard InChI is InChI=1S/C23H26ClN3O2/c1-14-6-2-3-7-16(14)21(28)13-25-23(29)18-9-5-4-8-17(18)22-26-19-11-10-15(24)12-20(19)27-22/h2-3,6-7,10-12,17-18,21,28H,4-5,8-9,13H2,1H3,(H,25,29)(H,26,27). The summed E-state index contributed by atoms with van der Waals surface area (Å²) >= 11 is 6.09. The first-order valence-corrected chi connectivity index (χ1v) is 10.6. The summed E-state index contributed by atoms with van der Waals surface area (Å²) in [5.41, 5.74) is 3.63. The van der Waals surface area contributed by atoms with Crippen molar-refractivity contribution in [3.05, 3.63) is 64.4 Å². The number of benzene rings is 2. The quantitative estimate of drug-likeness (QED) is 0.571. The number of aromatic nitrogens is 2. The van der Waals surface area contributed by atoms with Gasteiger partial charge < -0.3 is 15.4 Å². The number of aryl methyl sites for hydroxylation is 1. The van der Waals surface area contributed by atoms with Crippen molar-refractivity contribution < 1.29 is 9.90 Å². The van der Waals surface area contributed by atoms with Crippen molar-refractivity contribution >= 4 is 28.5 Å². The van der Waals surface area contributed by atoms with Gasteiger partial charge in [0, 0.05) is 23.4 Å². The van der Waals surface area contributed by atoms with Gasteiger partial charge in [0.2, 0.25) is 5.91 Å². The summed E-state index contributed by atoms with van der Waals surface area (Å²) in [6.07, 6.45) is 3.15. The Morgan fingerprint density at radius 3 is 2.90 bits per heavy atom. The Labute approximate surface area is 175 Å². The van der Waals surface area contributed by atoms with E-state index in [2.05, 4.69) is 10.3 Å². The molecule has 0 spiro atoms. The zero-order valence-corrected chi connectivity index (χ0v) is 17.2. The second-order valence-corrected chi connectivity index (χ2v) is 8.33. The summed E-state index contributed by atoms with van der Waals surface area (Å²) in [5, 5.41) is 14.1. The Hall–Kier alpha value is -2.37. The Balaban J connectivity index is 1.47. The van der Waals surface area contributed by atoms with Crippen LogP contribution in [0.3, 0.4) is 0 Å². The molecule has 3 N–H and O–H groups in total. The smallest absolute Gasteiger partial charge is 0.223 e. The van der Waals surface area contributed by atoms with E-state index in [0.29, 0.717) is 5.02 Å². The van der Waals surface area contributed by atoms with Gasteiger partial charge in [0.1, 0.15) is 5.82 Å². The molecule has 2 aromatic carbocycles. The van der Waals surface area contributed by atoms with Gasteiger partial charge >= 0.3 is 0 Å². The maximum Gasteiger partial charge on any atom is 0.223 e. The molecule has 6 heteroatoms. The van der Waals surface area contributed by atoms with E-state index in [1.807, 2.05) is 49.4 Å². The Morgan fingerprint density at radius 2 is 2.07 bits per heavy atom. The number of H-pyrrole nitrogens is 1. The molecule has 1 aliphatic rings. The average molecular weight is 412 g/mol. The molecule has 1 fully saturated rings. The summed E-state index contributed by atoms with van der Waals surface area (Å²) in [5.74, 6) is 0.733. The summed E-state index contributed by atoms with van der Waals surface area (Å²) in [4.78, 5) is 21.1. The normalized spacial score (nSPS) is 20.5. The van der Waals surface area contributed by atoms with Gasteiger partial charge in [-0.1, -0.05) is 48.7 Å². The molecular formula is C23H26ClN3O2. The minimum atomic E-state index is -0.712. The molecule has 152 valence electrons. The van der Waals surface area contributed by atoms with E-state index in [1.165, 1.54) is 0 Å². The van der Waals surface area contributed by atoms with E-state index in [1.54, 1.807) is 0 Å². The highest BCUT2D eigenvalue weighted by molar-refractivity contribution is 6.31. The predicted molar refractivity (Wildman–Crippen MR) is 115 cm³/mol. The van der Waals surface area contributed by atoms with Crippen molar-refractivity contribution in [1.29, 1.82) is 0 Å². The van der Waals surface area contributed by atoms with Crippen LogP contribution in [0.5, 0.6) is 0 Å². The van der Waals surface area contributed by atoms with Crippen LogP contribution in [0.15, 0.2) is 42.5 Å². The number of hydrogen-bond donors (Lipinski definition) is 3. The molecular weight excluding hydrogens is 386 g/mol. The molecule has 29 heavy (non-hydrogen) atoms. The fraction of sp³-hybridized carbons (Fsp3) is 0.391. The monoisotopic (exact) mass is 411 g/mol. The lowest BCUT2D eigenvalue weighted by molar-refractivity contribution is -0.127. The Kier molecular flexibility index (Phi) is 5.88. The number of amides is 1. The van der Waals surface area contributed by atoms with Gasteiger partial charge in [-0.05, 0) is 49.1 Å². The van der Waals surface area contributed by atoms with E-state index in [0.717, 1.165) is 53.7 Å². The van der Waals surface area contributed by atoms with Gasteiger partial charge in [-0.3, -0.25) is 4.79 Å². The number of aliphatic hydroxyl groups excluding tert-OH is 1. The number of rotatable bonds is 5. The van der Waals surface area contributed by atoms with Crippen LogP contribution in [-0.2, 0) is 4.79 Å². The third-order valence-corrected chi connectivity index (χ3v) is 6.17. The first kappa shape index (κ1) is 19.9. The highest BCUT2D eigenvalue weighted by Crippen LogP contribution is 2.37. The van der Waals surface area contributed by atoms with Gasteiger partial charge in [-0.15, -0.1) is 0 Å². The number of aromatic amines is 1. The van der Waals surface area contributed by atoms with Crippen LogP contribution in [-0.4, -0.2) is 27.5 Å². The first-order valence-electron chi connectivity index (χ1n) is 10.2. The van der Waals surface area contributed by atoms with E-state index in [4.69, 9.17) is 16.6 Å². The molecule has 3 unspecified atom stereocenters. The van der Waals surface area contributed by atoms with Crippen LogP contribution in [0.25, 0.3) is 11.0 Å². The van der Waals surface area contributed by atoms with Gasteiger partial charge in [0.05, 0.1) is 17.1 Å². The number of hydrogen-bond acceptors (Lipinski definition) is 3. The fourth-order valence-corrected chi connectivity index (χ4v) is 4.52. The topological polar surface area (TPSA) is 78.0 Å². The van der Waals surface area contributed by atoms with Crippen LogP contribution >= 0.6 is 11.6 Å². The van der Waals surface area contributed by atoms with E-state index < -0.39 is 6.10 Å². The highest BCUT2D eigenvalue weighted by atomic mass is 35.5. The highest BCUT2D eigenvalue weighted by Gasteiger charge is 2.34. The van der Waals surface area contributed by atoms with Crippen molar-refractivity contribution in [3.63, 3.8) is 0 Å². The maximum atomic E-state index is 13.0. The van der Waals surface area contributed by atoms with Crippen molar-refractivity contribution in [3.8, 4) is 0 Å². The van der Waals surface area contributed by atoms with Gasteiger partial charge in [0.25, 0.3) is 0 Å². The molecule has 0 saturated heterocycles. The zero-order valence-electron chi connectivity index (χ0n) is 16.5. The largest absolute Gasteiger partial charge is 0.387 e. The molecule has 5 nitrogen and oxygen atoms in total. The van der Waals surface area contributed by atoms with Gasteiger partial charge in [0.15, 0.2) is 0 Å². The Bertz CT molecular complexity index is 1020. The van der Waals surface area contributed by atoms with E-state index in [-0.39, 0.29) is 24.3 Å². The molecule has 4 rings (SSSR count). The second-order valence-electron chi connectivity index (χ2n) is 7.90. The lowest BCUT2D eigenvalue weighted by Gasteiger charge is -2.29. The number of nitrogens with zero attached hydrogens (tertiary/aromatic N) is 1. The van der Waals surface area contributed by atoms with Crippen molar-refractivity contribution in [2.45, 2.75) is 44.6 Å². The number of fused-ring (bicyclic) bond motifs is 1. The number of imidazole rings is 1. The van der Waals surface area contributed by atoms with Crippen LogP contribution in [0.4, 0.5) is 0 Å². The van der Waals surface area contributed by atoms with E-state index in [9.17, 15) is 9.90 Å². The number of carbonyl (C=O) groups excluding carboxylic acids is 1. The molecule has 1 amide bonds. The molecule has 1 aromatic heterocycles. The first-order chi connectivity index (χ1) is 14.0. The van der Waals surface area contributed by atoms with Crippen molar-refractivity contribution in [2.24, 2.45) is 5.92 Å². The molecule has 0 radical (unpaired) electrons. The fourth-order valence-electron chi connectivity index (χ4n) is 4.35. The molecule has 1 heterocycles. The van der Waals surface area contributed by atoms with Gasteiger partial charge in [-0.2, -0.15) is 0 Å². The number of carbonyl (C=O) groups is 1. The molecule has 3 atom stereocenters. The SMILES string of the molecule is Cc1ccccc1C(O)CNC(=O)C1CCCCC1c1nc2ccc(Cl)cc2[nH]1. The molecule has 3 aromatic rings. The maximum absolute atomic E-state index is 13.0. The zero-order chi connectivity index (χ0) is 20.4. The van der Waals surface area contributed by atoms with Crippen LogP contribution in [0.2, 0.25) is 5.02 Å². The molecule has 0 bridgehead atoms. The van der Waals surface area contributed by atoms with Crippen molar-refractivity contribution in [2.75, 3.05) is 6.54 Å². The summed E-state index contributed by atoms with van der Waals surface area (Å²) in [6, 6.07) is 13.3. The van der Waals surface area contributed by atoms with Crippen LogP contribution in [0, 0.1) is 12.8 Å².